The van der Waals surface area contributed by atoms with Gasteiger partial charge in [-0.1, -0.05) is 13.3 Å². The summed E-state index contributed by atoms with van der Waals surface area (Å²) < 4.78 is 58.8. The molecule has 33 nitrogen and oxygen atoms in total. The number of morpholine rings is 4. The Morgan fingerprint density at radius 1 is 0.403 bits per heavy atom. The SMILES string of the molecule is CCCCc1cnc2cc(N3CCOCC3)cc(OC3CCC(Nc4ncccn4)CC3)c2n1.CNc1cc(NC2CCC(Oc3cc(N4CCOCC4)cc4nccnc34)CC2)ncn1.COc1ccc(NC2CCC(Oc3cc(N4CCOCC4)cc4nccnc34)CC2)nc1.O=C(NC1CCC(Oc2cc(N3CCOCC3)cc3nccnc23)CC1)C1CCCO1. The number of anilines is 8. The molecule has 12 heterocycles. The van der Waals surface area contributed by atoms with Gasteiger partial charge in [0.2, 0.25) is 11.9 Å². The predicted octanol–water partition coefficient (Wildman–Crippen LogP) is 13.6. The molecule has 1 atom stereocenters. The van der Waals surface area contributed by atoms with Gasteiger partial charge >= 0.3 is 0 Å². The third kappa shape index (κ3) is 24.4. The maximum absolute atomic E-state index is 12.3. The number of fused-ring (bicyclic) bond motifs is 4. The van der Waals surface area contributed by atoms with Crippen LogP contribution in [0.2, 0.25) is 0 Å². The maximum atomic E-state index is 12.3. The minimum absolute atomic E-state index is 0.0429. The summed E-state index contributed by atoms with van der Waals surface area (Å²) in [5.41, 5.74) is 12.3. The lowest BCUT2D eigenvalue weighted by Gasteiger charge is -2.31. The van der Waals surface area contributed by atoms with Crippen molar-refractivity contribution < 1.29 is 52.2 Å². The van der Waals surface area contributed by atoms with Crippen molar-refractivity contribution in [2.45, 2.75) is 196 Å². The molecule has 20 rings (SSSR count). The molecule has 33 heteroatoms. The van der Waals surface area contributed by atoms with Crippen molar-refractivity contribution in [2.75, 3.05) is 167 Å². The molecule has 11 aromatic rings. The molecule has 0 radical (unpaired) electrons. The summed E-state index contributed by atoms with van der Waals surface area (Å²) in [6.07, 6.45) is 40.2. The maximum Gasteiger partial charge on any atom is 0.249 e. The van der Waals surface area contributed by atoms with Crippen molar-refractivity contribution in [1.82, 2.24) is 70.1 Å². The molecule has 4 aliphatic carbocycles. The van der Waals surface area contributed by atoms with E-state index in [9.17, 15) is 4.79 Å². The molecular formula is C96H122N22O11. The second-order valence-corrected chi connectivity index (χ2v) is 34.3. The average Bonchev–Trinajstić information content (AvgIpc) is 1.88. The van der Waals surface area contributed by atoms with E-state index in [4.69, 9.17) is 57.3 Å². The Bertz CT molecular complexity index is 5370. The van der Waals surface area contributed by atoms with Crippen LogP contribution in [0.25, 0.3) is 44.1 Å². The fourth-order valence-corrected chi connectivity index (χ4v) is 18.3. The van der Waals surface area contributed by atoms with E-state index in [1.807, 2.05) is 37.5 Å². The van der Waals surface area contributed by atoms with Crippen LogP contribution in [0.5, 0.6) is 28.7 Å². The van der Waals surface area contributed by atoms with E-state index in [1.165, 1.54) is 0 Å². The van der Waals surface area contributed by atoms with Gasteiger partial charge in [0.25, 0.3) is 0 Å². The van der Waals surface area contributed by atoms with Crippen molar-refractivity contribution in [1.29, 1.82) is 0 Å². The van der Waals surface area contributed by atoms with E-state index >= 15 is 0 Å². The van der Waals surface area contributed by atoms with Crippen molar-refractivity contribution in [3.8, 4) is 28.7 Å². The highest BCUT2D eigenvalue weighted by Gasteiger charge is 2.33. The molecule has 4 saturated carbocycles. The number of amides is 1. The molecule has 5 aliphatic heterocycles. The number of hydrogen-bond acceptors (Lipinski definition) is 32. The minimum Gasteiger partial charge on any atom is -0.495 e. The van der Waals surface area contributed by atoms with Crippen LogP contribution in [0.1, 0.15) is 141 Å². The molecule has 5 N–H and O–H groups in total. The zero-order valence-electron chi connectivity index (χ0n) is 74.4. The minimum atomic E-state index is -0.262. The van der Waals surface area contributed by atoms with Crippen LogP contribution in [-0.2, 0) is 34.9 Å². The molecule has 0 spiro atoms. The fourth-order valence-electron chi connectivity index (χ4n) is 18.3. The summed E-state index contributed by atoms with van der Waals surface area (Å²) >= 11 is 0. The molecular weight excluding hydrogens is 1640 g/mol. The summed E-state index contributed by atoms with van der Waals surface area (Å²) in [7, 11) is 3.51. The predicted molar refractivity (Wildman–Crippen MR) is 498 cm³/mol. The van der Waals surface area contributed by atoms with Crippen LogP contribution in [0, 0.1) is 0 Å². The third-order valence-corrected chi connectivity index (χ3v) is 25.4. The summed E-state index contributed by atoms with van der Waals surface area (Å²) in [4.78, 5) is 80.1. The number of aromatic nitrogens is 13. The Kier molecular flexibility index (Phi) is 31.1. The number of aryl methyl sites for hydroxylation is 1. The van der Waals surface area contributed by atoms with Crippen molar-refractivity contribution >= 4 is 96.2 Å². The van der Waals surface area contributed by atoms with Gasteiger partial charge in [-0.15, -0.1) is 0 Å². The van der Waals surface area contributed by atoms with Crippen LogP contribution < -0.4 is 69.9 Å². The Balaban J connectivity index is 0.000000121. The zero-order chi connectivity index (χ0) is 87.7. The van der Waals surface area contributed by atoms with Gasteiger partial charge in [0.1, 0.15) is 80.7 Å². The number of hydrogen-bond donors (Lipinski definition) is 5. The van der Waals surface area contributed by atoms with Crippen molar-refractivity contribution in [3.05, 3.63) is 147 Å². The normalized spacial score (nSPS) is 22.5. The first-order chi connectivity index (χ1) is 63.6. The lowest BCUT2D eigenvalue weighted by Crippen LogP contribution is -2.44. The number of pyridine rings is 1. The Morgan fingerprint density at radius 2 is 0.814 bits per heavy atom. The standard InChI is InChI=1S/C26H34N6O2.C24H29N5O3.C23H29N7O2.C23H30N4O4/c1-2-3-5-20-18-29-23-16-21(32-12-14-33-15-13-32)17-24(25(23)30-20)34-22-8-6-19(7-9-22)31-26-27-10-4-11-28-26;1-30-20-6-7-23(27-16-20)28-17-2-4-19(5-3-17)32-22-15-18(29-10-12-31-13-11-29)14-21-24(22)26-9-8-25-21;1-24-21-14-22(28-15-27-21)29-16-2-4-18(5-3-16)32-20-13-17(30-8-10-31-11-9-30)12-19-23(20)26-7-6-25-19;28-23(20-2-1-11-30-20)26-16-3-5-18(6-4-16)31-21-15-17(27-9-12-29-13-10-27)14-19-22(21)25-8-7-24-19/h4,10-11,16-19,22H,2-3,5-9,12-15H2,1H3,(H,27,28,31);6-9,14-17,19H,2-5,10-13H2,1H3,(H,27,28);6-7,12-16,18H,2-5,8-11H2,1H3,(H2,24,27,28,29);7-8,14-16,18,20H,1-6,9-13H2,(H,26,28). The van der Waals surface area contributed by atoms with Crippen molar-refractivity contribution in [2.24, 2.45) is 0 Å². The van der Waals surface area contributed by atoms with Gasteiger partial charge in [0.05, 0.1) is 118 Å². The van der Waals surface area contributed by atoms with Gasteiger partial charge in [-0.3, -0.25) is 24.7 Å². The van der Waals surface area contributed by atoms with Crippen molar-refractivity contribution in [3.63, 3.8) is 0 Å². The van der Waals surface area contributed by atoms with Gasteiger partial charge in [-0.2, -0.15) is 0 Å². The van der Waals surface area contributed by atoms with Crippen LogP contribution in [0.4, 0.5) is 46.2 Å². The lowest BCUT2D eigenvalue weighted by atomic mass is 9.92. The highest BCUT2D eigenvalue weighted by molar-refractivity contribution is 5.88. The number of carbonyl (C=O) groups excluding carboxylic acids is 1. The number of methoxy groups -OCH3 is 1. The smallest absolute Gasteiger partial charge is 0.249 e. The zero-order valence-corrected chi connectivity index (χ0v) is 74.4. The quantitative estimate of drug-likeness (QED) is 0.0355. The topological polar surface area (TPSA) is 350 Å². The average molecular weight is 1760 g/mol. The first kappa shape index (κ1) is 89.2. The number of benzene rings is 4. The van der Waals surface area contributed by atoms with E-state index in [-0.39, 0.29) is 42.5 Å². The first-order valence-electron chi connectivity index (χ1n) is 46.6. The Morgan fingerprint density at radius 3 is 1.22 bits per heavy atom. The molecule has 9 aliphatic rings. The van der Waals surface area contributed by atoms with Gasteiger partial charge in [0.15, 0.2) is 0 Å². The second kappa shape index (κ2) is 45.0. The second-order valence-electron chi connectivity index (χ2n) is 34.3. The highest BCUT2D eigenvalue weighted by atomic mass is 16.5. The van der Waals surface area contributed by atoms with Crippen LogP contribution >= 0.6 is 0 Å². The summed E-state index contributed by atoms with van der Waals surface area (Å²) in [6.45, 7) is 15.8. The van der Waals surface area contributed by atoms with E-state index in [2.05, 4.69) is 156 Å². The number of ether oxygens (including phenoxy) is 10. The van der Waals surface area contributed by atoms with E-state index < -0.39 is 0 Å². The highest BCUT2D eigenvalue weighted by Crippen LogP contribution is 2.40. The summed E-state index contributed by atoms with van der Waals surface area (Å²) in [5, 5.41) is 16.7. The lowest BCUT2D eigenvalue weighted by molar-refractivity contribution is -0.131. The van der Waals surface area contributed by atoms with E-state index in [0.717, 1.165) is 359 Å². The number of unbranched alkanes of at least 4 members (excludes halogenated alkanes) is 1. The molecule has 7 aromatic heterocycles. The van der Waals surface area contributed by atoms with E-state index in [1.54, 1.807) is 69.2 Å². The summed E-state index contributed by atoms with van der Waals surface area (Å²) in [5.74, 6) is 7.35. The molecule has 129 heavy (non-hydrogen) atoms. The van der Waals surface area contributed by atoms with Gasteiger partial charge in [-0.25, -0.2) is 44.9 Å². The number of nitrogens with one attached hydrogen (secondary N) is 5. The number of nitrogens with zero attached hydrogens (tertiary/aromatic N) is 17. The first-order valence-corrected chi connectivity index (χ1v) is 46.6. The van der Waals surface area contributed by atoms with Gasteiger partial charge in [-0.05, 0) is 171 Å². The van der Waals surface area contributed by atoms with Gasteiger partial charge in [0, 0.05) is 199 Å². The van der Waals surface area contributed by atoms with E-state index in [0.29, 0.717) is 30.7 Å². The molecule has 1 amide bonds. The third-order valence-electron chi connectivity index (χ3n) is 25.4. The molecule has 1 unspecified atom stereocenters. The monoisotopic (exact) mass is 1760 g/mol. The summed E-state index contributed by atoms with van der Waals surface area (Å²) in [6, 6.07) is 25.9. The van der Waals surface area contributed by atoms with Crippen LogP contribution in [0.3, 0.4) is 0 Å². The van der Waals surface area contributed by atoms with Crippen LogP contribution in [0.15, 0.2) is 141 Å². The fraction of sp³-hybridized carbons (Fsp3) is 0.521. The van der Waals surface area contributed by atoms with Crippen LogP contribution in [-0.4, -0.2) is 251 Å². The molecule has 4 aromatic carbocycles. The number of rotatable bonds is 25. The largest absolute Gasteiger partial charge is 0.495 e. The van der Waals surface area contributed by atoms with Gasteiger partial charge < -0.3 is 93.6 Å². The molecule has 5 saturated heterocycles. The Hall–Kier alpha value is -11.8. The number of carbonyl (C=O) groups is 1. The Labute approximate surface area is 753 Å². The molecule has 0 bridgehead atoms. The molecule has 682 valence electrons. The molecule has 9 fully saturated rings.